The average molecular weight is 463 g/mol. The number of para-hydroxylation sites is 2. The van der Waals surface area contributed by atoms with E-state index in [1.165, 1.54) is 32.6 Å². The molecule has 0 atom stereocenters. The van der Waals surface area contributed by atoms with Crippen molar-refractivity contribution in [3.63, 3.8) is 0 Å². The largest absolute Gasteiger partial charge is 0.309 e. The molecule has 0 spiro atoms. The maximum Gasteiger partial charge on any atom is 0.163 e. The lowest BCUT2D eigenvalue weighted by Gasteiger charge is -2.11. The molecule has 170 valence electrons. The Labute approximate surface area is 208 Å². The summed E-state index contributed by atoms with van der Waals surface area (Å²) in [5.74, 6) is 2.06. The minimum absolute atomic E-state index is 0.674. The van der Waals surface area contributed by atoms with Gasteiger partial charge in [0, 0.05) is 27.6 Å². The van der Waals surface area contributed by atoms with Gasteiger partial charge < -0.3 is 4.57 Å². The number of hydrogen-bond acceptors (Lipinski definition) is 3. The van der Waals surface area contributed by atoms with Crippen molar-refractivity contribution in [2.24, 2.45) is 0 Å². The number of rotatable bonds is 3. The fraction of sp³-hybridized carbons (Fsp3) is 0.0312. The van der Waals surface area contributed by atoms with Gasteiger partial charge in [0.1, 0.15) is 5.82 Å². The van der Waals surface area contributed by atoms with Gasteiger partial charge in [-0.15, -0.1) is 0 Å². The minimum atomic E-state index is 0.674. The van der Waals surface area contributed by atoms with E-state index in [2.05, 4.69) is 125 Å². The van der Waals surface area contributed by atoms with E-state index in [1.807, 2.05) is 6.92 Å². The quantitative estimate of drug-likeness (QED) is 0.269. The van der Waals surface area contributed by atoms with Crippen molar-refractivity contribution in [1.82, 2.24) is 19.5 Å². The summed E-state index contributed by atoms with van der Waals surface area (Å²) in [6, 6.07) is 40.2. The second-order valence-electron chi connectivity index (χ2n) is 9.01. The molecule has 0 amide bonds. The van der Waals surface area contributed by atoms with Crippen LogP contribution in [-0.2, 0) is 0 Å². The molecule has 0 aliphatic rings. The predicted molar refractivity (Wildman–Crippen MR) is 147 cm³/mol. The molecule has 2 heterocycles. The summed E-state index contributed by atoms with van der Waals surface area (Å²) in [5, 5.41) is 4.86. The molecule has 0 bridgehead atoms. The van der Waals surface area contributed by atoms with E-state index in [9.17, 15) is 0 Å². The van der Waals surface area contributed by atoms with Crippen molar-refractivity contribution < 1.29 is 0 Å². The number of benzene rings is 5. The number of fused-ring (bicyclic) bond motifs is 4. The Morgan fingerprint density at radius 2 is 1.11 bits per heavy atom. The molecule has 4 nitrogen and oxygen atoms in total. The van der Waals surface area contributed by atoms with Crippen LogP contribution in [0, 0.1) is 6.92 Å². The molecule has 7 rings (SSSR count). The van der Waals surface area contributed by atoms with Gasteiger partial charge in [0.2, 0.25) is 0 Å². The molecule has 0 fully saturated rings. The molecule has 2 aromatic heterocycles. The van der Waals surface area contributed by atoms with Gasteiger partial charge in [0.25, 0.3) is 0 Å². The summed E-state index contributed by atoms with van der Waals surface area (Å²) in [6.45, 7) is 1.92. The Hall–Kier alpha value is -4.83. The highest BCUT2D eigenvalue weighted by Gasteiger charge is 2.14. The second-order valence-corrected chi connectivity index (χ2v) is 9.01. The lowest BCUT2D eigenvalue weighted by Crippen LogP contribution is -2.00. The zero-order valence-corrected chi connectivity index (χ0v) is 19.8. The Morgan fingerprint density at radius 3 is 1.83 bits per heavy atom. The fourth-order valence-corrected chi connectivity index (χ4v) is 5.05. The Balaban J connectivity index is 1.38. The van der Waals surface area contributed by atoms with E-state index < -0.39 is 0 Å². The van der Waals surface area contributed by atoms with Crippen LogP contribution in [0.5, 0.6) is 0 Å². The predicted octanol–water partition coefficient (Wildman–Crippen LogP) is 7.76. The molecule has 7 aromatic rings. The number of aryl methyl sites for hydroxylation is 1. The van der Waals surface area contributed by atoms with E-state index in [-0.39, 0.29) is 0 Å². The third kappa shape index (κ3) is 3.35. The standard InChI is InChI=1S/C32H22N4/c1-21-33-31(35-32(34-21)25-18-17-22-9-2-3-10-23(22)19-25)24-11-8-12-26(20-24)36-29-15-6-4-13-27(29)28-14-5-7-16-30(28)36/h2-20H,1H3. The first-order chi connectivity index (χ1) is 17.7. The lowest BCUT2D eigenvalue weighted by molar-refractivity contribution is 0.991. The van der Waals surface area contributed by atoms with Gasteiger partial charge in [-0.1, -0.05) is 84.9 Å². The van der Waals surface area contributed by atoms with E-state index in [4.69, 9.17) is 9.97 Å². The normalized spacial score (nSPS) is 11.5. The Morgan fingerprint density at radius 1 is 0.500 bits per heavy atom. The zero-order valence-electron chi connectivity index (χ0n) is 19.8. The second kappa shape index (κ2) is 8.14. The van der Waals surface area contributed by atoms with Crippen LogP contribution in [-0.4, -0.2) is 19.5 Å². The minimum Gasteiger partial charge on any atom is -0.309 e. The first-order valence-electron chi connectivity index (χ1n) is 12.1. The third-order valence-electron chi connectivity index (χ3n) is 6.70. The first kappa shape index (κ1) is 20.5. The zero-order chi connectivity index (χ0) is 24.1. The van der Waals surface area contributed by atoms with E-state index in [0.717, 1.165) is 16.8 Å². The summed E-state index contributed by atoms with van der Waals surface area (Å²) in [4.78, 5) is 14.3. The lowest BCUT2D eigenvalue weighted by atomic mass is 10.1. The molecule has 0 saturated carbocycles. The smallest absolute Gasteiger partial charge is 0.163 e. The molecule has 0 unspecified atom stereocenters. The van der Waals surface area contributed by atoms with Gasteiger partial charge in [-0.25, -0.2) is 15.0 Å². The molecule has 0 aliphatic carbocycles. The fourth-order valence-electron chi connectivity index (χ4n) is 5.05. The van der Waals surface area contributed by atoms with Crippen LogP contribution in [0.2, 0.25) is 0 Å². The van der Waals surface area contributed by atoms with Gasteiger partial charge >= 0.3 is 0 Å². The Bertz CT molecular complexity index is 1860. The van der Waals surface area contributed by atoms with Crippen molar-refractivity contribution in [2.45, 2.75) is 6.92 Å². The monoisotopic (exact) mass is 462 g/mol. The summed E-state index contributed by atoms with van der Waals surface area (Å²) in [5.41, 5.74) is 5.38. The molecule has 0 aliphatic heterocycles. The van der Waals surface area contributed by atoms with Crippen molar-refractivity contribution >= 4 is 32.6 Å². The molecule has 0 radical (unpaired) electrons. The molecule has 0 saturated heterocycles. The average Bonchev–Trinajstić information content (AvgIpc) is 3.27. The van der Waals surface area contributed by atoms with Crippen LogP contribution in [0.1, 0.15) is 5.82 Å². The maximum atomic E-state index is 4.90. The molecule has 0 N–H and O–H groups in total. The number of aromatic nitrogens is 4. The number of nitrogens with zero attached hydrogens (tertiary/aromatic N) is 4. The van der Waals surface area contributed by atoms with Gasteiger partial charge in [-0.2, -0.15) is 0 Å². The molecular weight excluding hydrogens is 440 g/mol. The SMILES string of the molecule is Cc1nc(-c2cccc(-n3c4ccccc4c4ccccc43)c2)nc(-c2ccc3ccccc3c2)n1. The summed E-state index contributed by atoms with van der Waals surface area (Å²) >= 11 is 0. The van der Waals surface area contributed by atoms with Crippen molar-refractivity contribution in [1.29, 1.82) is 0 Å². The van der Waals surface area contributed by atoms with Gasteiger partial charge in [0.05, 0.1) is 11.0 Å². The highest BCUT2D eigenvalue weighted by molar-refractivity contribution is 6.09. The summed E-state index contributed by atoms with van der Waals surface area (Å²) in [6.07, 6.45) is 0. The van der Waals surface area contributed by atoms with Crippen LogP contribution < -0.4 is 0 Å². The molecule has 36 heavy (non-hydrogen) atoms. The van der Waals surface area contributed by atoms with Crippen LogP contribution in [0.4, 0.5) is 0 Å². The van der Waals surface area contributed by atoms with Gasteiger partial charge in [-0.05, 0) is 48.0 Å². The first-order valence-corrected chi connectivity index (χ1v) is 12.1. The molecular formula is C32H22N4. The molecule has 4 heteroatoms. The van der Waals surface area contributed by atoms with Gasteiger partial charge in [0.15, 0.2) is 11.6 Å². The van der Waals surface area contributed by atoms with Crippen molar-refractivity contribution in [3.8, 4) is 28.5 Å². The van der Waals surface area contributed by atoms with Crippen LogP contribution in [0.15, 0.2) is 115 Å². The highest BCUT2D eigenvalue weighted by atomic mass is 15.0. The van der Waals surface area contributed by atoms with Crippen LogP contribution >= 0.6 is 0 Å². The molecule has 5 aromatic carbocycles. The maximum absolute atomic E-state index is 4.90. The summed E-state index contributed by atoms with van der Waals surface area (Å²) < 4.78 is 2.31. The summed E-state index contributed by atoms with van der Waals surface area (Å²) in [7, 11) is 0. The van der Waals surface area contributed by atoms with E-state index in [0.29, 0.717) is 17.5 Å². The van der Waals surface area contributed by atoms with Crippen molar-refractivity contribution in [3.05, 3.63) is 121 Å². The van der Waals surface area contributed by atoms with E-state index >= 15 is 0 Å². The van der Waals surface area contributed by atoms with Gasteiger partial charge in [-0.3, -0.25) is 0 Å². The highest BCUT2D eigenvalue weighted by Crippen LogP contribution is 2.33. The van der Waals surface area contributed by atoms with Crippen LogP contribution in [0.25, 0.3) is 61.0 Å². The number of hydrogen-bond donors (Lipinski definition) is 0. The van der Waals surface area contributed by atoms with Crippen molar-refractivity contribution in [2.75, 3.05) is 0 Å². The van der Waals surface area contributed by atoms with Crippen LogP contribution in [0.3, 0.4) is 0 Å². The topological polar surface area (TPSA) is 43.6 Å². The third-order valence-corrected chi connectivity index (χ3v) is 6.70. The van der Waals surface area contributed by atoms with E-state index in [1.54, 1.807) is 0 Å². The Kier molecular flexibility index (Phi) is 4.64.